The molecule has 0 fully saturated rings. The van der Waals surface area contributed by atoms with Crippen molar-refractivity contribution in [1.29, 1.82) is 0 Å². The van der Waals surface area contributed by atoms with Crippen molar-refractivity contribution >= 4 is 50.2 Å². The fourth-order valence-corrected chi connectivity index (χ4v) is 6.00. The van der Waals surface area contributed by atoms with E-state index in [9.17, 15) is 4.79 Å². The predicted octanol–water partition coefficient (Wildman–Crippen LogP) is 8.32. The van der Waals surface area contributed by atoms with Crippen LogP contribution in [0.25, 0.3) is 42.9 Å². The molecule has 0 radical (unpaired) electrons. The summed E-state index contributed by atoms with van der Waals surface area (Å²) in [6, 6.07) is 12.0. The monoisotopic (exact) mass is 590 g/mol. The summed E-state index contributed by atoms with van der Waals surface area (Å²) in [5, 5.41) is 5.84. The number of hydrogen-bond acceptors (Lipinski definition) is 7. The fourth-order valence-electron chi connectivity index (χ4n) is 4.77. The molecule has 5 rings (SSSR count). The zero-order chi connectivity index (χ0) is 29.7. The van der Waals surface area contributed by atoms with Crippen LogP contribution >= 0.6 is 22.9 Å². The average Bonchev–Trinajstić information content (AvgIpc) is 3.48. The molecule has 214 valence electrons. The Morgan fingerprint density at radius 3 is 2.39 bits per heavy atom. The van der Waals surface area contributed by atoms with Crippen LogP contribution in [-0.2, 0) is 21.3 Å². The Morgan fingerprint density at radius 2 is 1.73 bits per heavy atom. The molecule has 0 aliphatic heterocycles. The third-order valence-corrected chi connectivity index (χ3v) is 8.09. The van der Waals surface area contributed by atoms with Crippen LogP contribution in [0.3, 0.4) is 0 Å². The number of nitrogens with zero attached hydrogens (tertiary/aromatic N) is 4. The van der Waals surface area contributed by atoms with Crippen LogP contribution < -0.4 is 0 Å². The number of ether oxygens (including phenoxy) is 2. The molecule has 41 heavy (non-hydrogen) atoms. The predicted molar refractivity (Wildman–Crippen MR) is 166 cm³/mol. The highest BCUT2D eigenvalue weighted by atomic mass is 35.5. The van der Waals surface area contributed by atoms with Crippen molar-refractivity contribution in [2.24, 2.45) is 12.5 Å². The second-order valence-electron chi connectivity index (χ2n) is 12.3. The number of fused-ring (bicyclic) bond motifs is 2. The van der Waals surface area contributed by atoms with Crippen molar-refractivity contribution in [3.05, 3.63) is 64.9 Å². The first kappa shape index (κ1) is 29.2. The van der Waals surface area contributed by atoms with E-state index in [1.807, 2.05) is 83.7 Å². The van der Waals surface area contributed by atoms with E-state index in [-0.39, 0.29) is 12.6 Å². The van der Waals surface area contributed by atoms with Crippen molar-refractivity contribution in [3.63, 3.8) is 0 Å². The van der Waals surface area contributed by atoms with Gasteiger partial charge in [0.2, 0.25) is 0 Å². The summed E-state index contributed by atoms with van der Waals surface area (Å²) in [4.78, 5) is 22.5. The highest BCUT2D eigenvalue weighted by molar-refractivity contribution is 7.22. The molecule has 0 bridgehead atoms. The van der Waals surface area contributed by atoms with Crippen molar-refractivity contribution in [3.8, 4) is 21.7 Å². The molecule has 0 unspecified atom stereocenters. The number of aryl methyl sites for hydroxylation is 2. The lowest BCUT2D eigenvalue weighted by Gasteiger charge is -2.31. The molecule has 0 aliphatic carbocycles. The summed E-state index contributed by atoms with van der Waals surface area (Å²) in [7, 11) is 1.91. The van der Waals surface area contributed by atoms with Crippen molar-refractivity contribution in [2.75, 3.05) is 6.61 Å². The third kappa shape index (κ3) is 6.15. The lowest BCUT2D eigenvalue weighted by atomic mass is 9.91. The Hall–Kier alpha value is -3.33. The zero-order valence-electron chi connectivity index (χ0n) is 24.7. The molecule has 2 aromatic carbocycles. The molecule has 3 aromatic heterocycles. The summed E-state index contributed by atoms with van der Waals surface area (Å²) in [5.41, 5.74) is 6.41. The summed E-state index contributed by atoms with van der Waals surface area (Å²) < 4.78 is 15.3. The molecule has 0 saturated heterocycles. The number of pyridine rings is 1. The molecule has 9 heteroatoms. The number of thiazole rings is 1. The van der Waals surface area contributed by atoms with Gasteiger partial charge in [-0.15, -0.1) is 11.3 Å². The van der Waals surface area contributed by atoms with Gasteiger partial charge in [0.15, 0.2) is 0 Å². The van der Waals surface area contributed by atoms with Gasteiger partial charge < -0.3 is 9.47 Å². The van der Waals surface area contributed by atoms with Crippen molar-refractivity contribution in [1.82, 2.24) is 19.7 Å². The topological polar surface area (TPSA) is 79.1 Å². The van der Waals surface area contributed by atoms with Crippen molar-refractivity contribution in [2.45, 2.75) is 60.2 Å². The van der Waals surface area contributed by atoms with Crippen LogP contribution in [0.1, 0.15) is 58.8 Å². The molecule has 0 amide bonds. The Bertz CT molecular complexity index is 1740. The highest BCUT2D eigenvalue weighted by Crippen LogP contribution is 2.44. The molecule has 3 heterocycles. The second-order valence-corrected chi connectivity index (χ2v) is 13.8. The average molecular weight is 591 g/mol. The maximum absolute atomic E-state index is 12.8. The summed E-state index contributed by atoms with van der Waals surface area (Å²) in [6.45, 7) is 13.7. The van der Waals surface area contributed by atoms with Crippen LogP contribution in [-0.4, -0.2) is 37.9 Å². The minimum Gasteiger partial charge on any atom is -0.462 e. The van der Waals surface area contributed by atoms with Crippen LogP contribution in [0.5, 0.6) is 0 Å². The van der Waals surface area contributed by atoms with Gasteiger partial charge in [-0.05, 0) is 89.4 Å². The number of rotatable bonds is 6. The molecule has 0 N–H and O–H groups in total. The van der Waals surface area contributed by atoms with E-state index in [0.29, 0.717) is 5.02 Å². The van der Waals surface area contributed by atoms with Crippen molar-refractivity contribution < 1.29 is 14.3 Å². The molecule has 0 saturated carbocycles. The highest BCUT2D eigenvalue weighted by Gasteiger charge is 2.31. The van der Waals surface area contributed by atoms with E-state index in [1.54, 1.807) is 17.5 Å². The summed E-state index contributed by atoms with van der Waals surface area (Å²) in [6.07, 6.45) is 3.09. The molecule has 1 atom stereocenters. The van der Waals surface area contributed by atoms with Crippen LogP contribution in [0.4, 0.5) is 0 Å². The number of carbonyl (C=O) groups excluding carboxylic acids is 1. The smallest absolute Gasteiger partial charge is 0.311 e. The maximum atomic E-state index is 12.8. The minimum absolute atomic E-state index is 0.0903. The number of hydrogen-bond donors (Lipinski definition) is 0. The summed E-state index contributed by atoms with van der Waals surface area (Å²) >= 11 is 7.90. The number of esters is 1. The number of aromatic nitrogens is 4. The zero-order valence-corrected chi connectivity index (χ0v) is 26.3. The SMILES string of the molecule is Cc1cc2nc(-c3cnc4cnn(C)c4c3)sc2c(-c2ccc(Cl)cc2)c1[C@@H](COC(=O)C(C)(C)C)OC(C)(C)C. The molecule has 7 nitrogen and oxygen atoms in total. The standard InChI is InChI=1S/C32H35ClN4O3S/c1-18-13-22-28(41-29(36-22)20-14-24-23(34-15-20)16-35-37(24)8)27(19-9-11-21(33)12-10-19)26(18)25(40-32(5,6)7)17-39-30(38)31(2,3)4/h9-16,25H,17H2,1-8H3/t25-/m1/s1. The molecule has 5 aromatic rings. The van der Waals surface area contributed by atoms with Crippen LogP contribution in [0, 0.1) is 12.3 Å². The van der Waals surface area contributed by atoms with E-state index in [1.165, 1.54) is 0 Å². The van der Waals surface area contributed by atoms with E-state index >= 15 is 0 Å². The Labute approximate surface area is 249 Å². The normalized spacial score (nSPS) is 13.2. The van der Waals surface area contributed by atoms with E-state index in [2.05, 4.69) is 29.1 Å². The third-order valence-electron chi connectivity index (χ3n) is 6.70. The minimum atomic E-state index is -0.625. The molecule has 0 spiro atoms. The van der Waals surface area contributed by atoms with Gasteiger partial charge in [0.05, 0.1) is 32.9 Å². The first-order valence-corrected chi connectivity index (χ1v) is 14.7. The van der Waals surface area contributed by atoms with Gasteiger partial charge in [-0.3, -0.25) is 14.5 Å². The molecular weight excluding hydrogens is 556 g/mol. The number of carbonyl (C=O) groups is 1. The Balaban J connectivity index is 1.72. The van der Waals surface area contributed by atoms with Gasteiger partial charge >= 0.3 is 5.97 Å². The first-order valence-electron chi connectivity index (χ1n) is 13.5. The van der Waals surface area contributed by atoms with Gasteiger partial charge in [0, 0.05) is 29.4 Å². The fraction of sp³-hybridized carbons (Fsp3) is 0.375. The van der Waals surface area contributed by atoms with Crippen LogP contribution in [0.15, 0.2) is 48.8 Å². The lowest BCUT2D eigenvalue weighted by Crippen LogP contribution is -2.30. The Kier molecular flexibility index (Phi) is 7.70. The van der Waals surface area contributed by atoms with E-state index in [4.69, 9.17) is 26.1 Å². The second kappa shape index (κ2) is 10.8. The number of benzene rings is 2. The van der Waals surface area contributed by atoms with Gasteiger partial charge in [-0.25, -0.2) is 4.98 Å². The molecule has 0 aliphatic rings. The quantitative estimate of drug-likeness (QED) is 0.185. The van der Waals surface area contributed by atoms with E-state index < -0.39 is 17.1 Å². The van der Waals surface area contributed by atoms with Gasteiger partial charge in [0.1, 0.15) is 23.2 Å². The number of halogens is 1. The Morgan fingerprint density at radius 1 is 1.02 bits per heavy atom. The van der Waals surface area contributed by atoms with Gasteiger partial charge in [-0.2, -0.15) is 5.10 Å². The lowest BCUT2D eigenvalue weighted by molar-refractivity contribution is -0.162. The largest absolute Gasteiger partial charge is 0.462 e. The maximum Gasteiger partial charge on any atom is 0.311 e. The van der Waals surface area contributed by atoms with Gasteiger partial charge in [-0.1, -0.05) is 23.7 Å². The van der Waals surface area contributed by atoms with Crippen LogP contribution in [0.2, 0.25) is 5.02 Å². The van der Waals surface area contributed by atoms with Gasteiger partial charge in [0.25, 0.3) is 0 Å². The first-order chi connectivity index (χ1) is 19.2. The molecular formula is C32H35ClN4O3S. The van der Waals surface area contributed by atoms with E-state index in [0.717, 1.165) is 54.1 Å². The summed E-state index contributed by atoms with van der Waals surface area (Å²) in [5.74, 6) is -0.273.